The molecule has 2 atom stereocenters. The number of nitrogens with one attached hydrogen (secondary N) is 1. The Labute approximate surface area is 253 Å². The van der Waals surface area contributed by atoms with Gasteiger partial charge in [0.15, 0.2) is 12.3 Å². The second-order valence-corrected chi connectivity index (χ2v) is 10.7. The second kappa shape index (κ2) is 13.1. The number of fused-ring (bicyclic) bond motifs is 1. The van der Waals surface area contributed by atoms with E-state index in [9.17, 15) is 19.5 Å². The molecule has 2 aliphatic heterocycles. The van der Waals surface area contributed by atoms with Crippen molar-refractivity contribution in [2.75, 3.05) is 56.2 Å². The first-order valence-electron chi connectivity index (χ1n) is 14.1. The number of piperazine rings is 1. The number of carbonyl (C=O) groups excluding carboxylic acids is 1. The summed E-state index contributed by atoms with van der Waals surface area (Å²) in [6.45, 7) is 6.17. The number of carbonyl (C=O) groups is 2. The SMILES string of the molecule is CCn1cc(C(=O)O)c(=O)c2cc(F)c(N3CCN(CCc4ccc(N5C[C@@H](C(NC=S)OC)OC5=O)cc4)CC3)cc21. The van der Waals surface area contributed by atoms with Crippen LogP contribution in [0.15, 0.2) is 47.4 Å². The first kappa shape index (κ1) is 30.4. The molecule has 43 heavy (non-hydrogen) atoms. The molecule has 2 fully saturated rings. The quantitative estimate of drug-likeness (QED) is 0.248. The summed E-state index contributed by atoms with van der Waals surface area (Å²) in [6.07, 6.45) is 0.698. The Bertz CT molecular complexity index is 1570. The van der Waals surface area contributed by atoms with Gasteiger partial charge in [-0.2, -0.15) is 0 Å². The number of aromatic carboxylic acids is 1. The number of benzene rings is 2. The predicted molar refractivity (Wildman–Crippen MR) is 165 cm³/mol. The van der Waals surface area contributed by atoms with E-state index in [0.717, 1.165) is 43.4 Å². The van der Waals surface area contributed by atoms with Crippen molar-refractivity contribution < 1.29 is 28.6 Å². The van der Waals surface area contributed by atoms with E-state index >= 15 is 4.39 Å². The summed E-state index contributed by atoms with van der Waals surface area (Å²) in [5.41, 5.74) is 3.09. The molecule has 0 aliphatic carbocycles. The number of anilines is 2. The zero-order valence-electron chi connectivity index (χ0n) is 24.0. The Kier molecular flexibility index (Phi) is 9.23. The van der Waals surface area contributed by atoms with Gasteiger partial charge in [-0.1, -0.05) is 24.4 Å². The highest BCUT2D eigenvalue weighted by atomic mass is 32.1. The van der Waals surface area contributed by atoms with Gasteiger partial charge in [-0.25, -0.2) is 14.0 Å². The second-order valence-electron chi connectivity index (χ2n) is 10.5. The van der Waals surface area contributed by atoms with E-state index in [2.05, 4.69) is 10.2 Å². The number of rotatable bonds is 11. The number of aromatic nitrogens is 1. The molecule has 2 aliphatic rings. The molecule has 228 valence electrons. The number of amides is 1. The number of carboxylic acid groups (broad SMARTS) is 1. The lowest BCUT2D eigenvalue weighted by atomic mass is 10.1. The summed E-state index contributed by atoms with van der Waals surface area (Å²) in [4.78, 5) is 42.5. The Hall–Kier alpha value is -4.07. The van der Waals surface area contributed by atoms with Crippen molar-refractivity contribution in [2.45, 2.75) is 32.2 Å². The fraction of sp³-hybridized carbons (Fsp3) is 0.400. The highest BCUT2D eigenvalue weighted by Gasteiger charge is 2.37. The van der Waals surface area contributed by atoms with Crippen molar-refractivity contribution in [3.63, 3.8) is 0 Å². The molecule has 1 aromatic heterocycles. The Morgan fingerprint density at radius 3 is 2.56 bits per heavy atom. The van der Waals surface area contributed by atoms with Gasteiger partial charge in [0, 0.05) is 63.6 Å². The predicted octanol–water partition coefficient (Wildman–Crippen LogP) is 3.07. The molecule has 0 bridgehead atoms. The molecule has 0 saturated carbocycles. The molecule has 2 saturated heterocycles. The van der Waals surface area contributed by atoms with Crippen LogP contribution >= 0.6 is 12.2 Å². The maximum atomic E-state index is 15.2. The third-order valence-electron chi connectivity index (χ3n) is 8.06. The van der Waals surface area contributed by atoms with Gasteiger partial charge in [0.25, 0.3) is 0 Å². The van der Waals surface area contributed by atoms with Gasteiger partial charge >= 0.3 is 12.1 Å². The lowest BCUT2D eigenvalue weighted by Crippen LogP contribution is -2.47. The number of nitrogens with zero attached hydrogens (tertiary/aromatic N) is 4. The van der Waals surface area contributed by atoms with Crippen LogP contribution in [0.3, 0.4) is 0 Å². The number of halogens is 1. The van der Waals surface area contributed by atoms with Crippen molar-refractivity contribution in [3.05, 3.63) is 69.8 Å². The molecule has 11 nitrogen and oxygen atoms in total. The third kappa shape index (κ3) is 6.33. The highest BCUT2D eigenvalue weighted by Crippen LogP contribution is 2.27. The maximum absolute atomic E-state index is 15.2. The van der Waals surface area contributed by atoms with Crippen molar-refractivity contribution in [1.82, 2.24) is 14.8 Å². The van der Waals surface area contributed by atoms with Gasteiger partial charge in [0.1, 0.15) is 11.4 Å². The van der Waals surface area contributed by atoms with Crippen LogP contribution in [0.25, 0.3) is 10.9 Å². The number of hydrogen-bond donors (Lipinski definition) is 2. The molecule has 3 aromatic rings. The van der Waals surface area contributed by atoms with Crippen molar-refractivity contribution in [3.8, 4) is 0 Å². The maximum Gasteiger partial charge on any atom is 0.414 e. The van der Waals surface area contributed by atoms with Crippen LogP contribution in [-0.4, -0.2) is 90.8 Å². The molecule has 5 rings (SSSR count). The zero-order valence-corrected chi connectivity index (χ0v) is 24.8. The molecule has 2 N–H and O–H groups in total. The number of ether oxygens (including phenoxy) is 2. The van der Waals surface area contributed by atoms with Crippen LogP contribution in [0.5, 0.6) is 0 Å². The smallest absolute Gasteiger partial charge is 0.414 e. The number of pyridine rings is 1. The standard InChI is InChI=1S/C30H34FN5O6S/c1-3-34-16-22(29(38)39)27(37)21-14-23(31)25(15-24(21)34)35-12-10-33(11-13-35)9-8-19-4-6-20(7-5-19)36-17-26(42-30(36)40)28(41-2)32-18-43/h4-7,14-16,18,26,28H,3,8-13,17H2,1-2H3,(H,32,43)(H,38,39)/t26-,28?/m0/s1. The van der Waals surface area contributed by atoms with E-state index in [1.807, 2.05) is 36.1 Å². The topological polar surface area (TPSA) is 117 Å². The van der Waals surface area contributed by atoms with Gasteiger partial charge in [0.2, 0.25) is 5.43 Å². The van der Waals surface area contributed by atoms with Crippen molar-refractivity contribution in [1.29, 1.82) is 0 Å². The summed E-state index contributed by atoms with van der Waals surface area (Å²) in [7, 11) is 1.52. The highest BCUT2D eigenvalue weighted by molar-refractivity contribution is 7.78. The van der Waals surface area contributed by atoms with E-state index in [4.69, 9.17) is 21.7 Å². The summed E-state index contributed by atoms with van der Waals surface area (Å²) < 4.78 is 27.7. The fourth-order valence-electron chi connectivity index (χ4n) is 5.65. The molecular weight excluding hydrogens is 577 g/mol. The van der Waals surface area contributed by atoms with E-state index in [1.54, 1.807) is 15.5 Å². The van der Waals surface area contributed by atoms with E-state index in [1.165, 1.54) is 18.8 Å². The fourth-order valence-corrected chi connectivity index (χ4v) is 5.78. The minimum absolute atomic E-state index is 0.0661. The van der Waals surface area contributed by atoms with Gasteiger partial charge in [0.05, 0.1) is 23.2 Å². The molecule has 0 radical (unpaired) electrons. The first-order valence-corrected chi connectivity index (χ1v) is 14.6. The van der Waals surface area contributed by atoms with Gasteiger partial charge in [-0.05, 0) is 43.2 Å². The van der Waals surface area contributed by atoms with E-state index in [0.29, 0.717) is 37.4 Å². The minimum Gasteiger partial charge on any atom is -0.477 e. The Morgan fingerprint density at radius 1 is 1.21 bits per heavy atom. The number of carboxylic acids is 1. The lowest BCUT2D eigenvalue weighted by molar-refractivity contribution is -0.00575. The van der Waals surface area contributed by atoms with E-state index in [-0.39, 0.29) is 10.9 Å². The molecular formula is C30H34FN5O6S. The zero-order chi connectivity index (χ0) is 30.7. The monoisotopic (exact) mass is 611 g/mol. The molecule has 13 heteroatoms. The van der Waals surface area contributed by atoms with Crippen LogP contribution in [0.1, 0.15) is 22.8 Å². The average molecular weight is 612 g/mol. The van der Waals surface area contributed by atoms with Crippen LogP contribution in [0.2, 0.25) is 0 Å². The van der Waals surface area contributed by atoms with Crippen molar-refractivity contribution >= 4 is 52.0 Å². The number of thiocarbonyl (C=S) groups is 1. The summed E-state index contributed by atoms with van der Waals surface area (Å²) in [5.74, 6) is -1.86. The summed E-state index contributed by atoms with van der Waals surface area (Å²) in [5, 5.41) is 12.3. The van der Waals surface area contributed by atoms with Crippen LogP contribution in [0, 0.1) is 5.82 Å². The Balaban J connectivity index is 1.18. The molecule has 1 unspecified atom stereocenters. The van der Waals surface area contributed by atoms with Crippen LogP contribution in [-0.2, 0) is 22.4 Å². The average Bonchev–Trinajstić information content (AvgIpc) is 3.40. The number of aryl methyl sites for hydroxylation is 1. The largest absolute Gasteiger partial charge is 0.477 e. The minimum atomic E-state index is -1.33. The normalized spacial score (nSPS) is 18.1. The van der Waals surface area contributed by atoms with Gasteiger partial charge < -0.3 is 29.4 Å². The van der Waals surface area contributed by atoms with Crippen LogP contribution in [0.4, 0.5) is 20.6 Å². The first-order chi connectivity index (χ1) is 20.7. The summed E-state index contributed by atoms with van der Waals surface area (Å²) in [6, 6.07) is 10.6. The lowest BCUT2D eigenvalue weighted by Gasteiger charge is -2.36. The molecule has 2 aromatic carbocycles. The van der Waals surface area contributed by atoms with Gasteiger partial charge in [-0.3, -0.25) is 14.6 Å². The number of hydrogen-bond acceptors (Lipinski definition) is 8. The van der Waals surface area contributed by atoms with Gasteiger partial charge in [-0.15, -0.1) is 0 Å². The number of cyclic esters (lactones) is 1. The number of methoxy groups -OCH3 is 1. The van der Waals surface area contributed by atoms with Crippen LogP contribution < -0.4 is 20.5 Å². The molecule has 0 spiro atoms. The molecule has 3 heterocycles. The molecule has 1 amide bonds. The Morgan fingerprint density at radius 2 is 1.93 bits per heavy atom. The van der Waals surface area contributed by atoms with E-state index < -0.39 is 35.6 Å². The third-order valence-corrected chi connectivity index (χ3v) is 8.19. The summed E-state index contributed by atoms with van der Waals surface area (Å²) >= 11 is 4.82. The van der Waals surface area contributed by atoms with Crippen molar-refractivity contribution in [2.24, 2.45) is 0 Å².